The van der Waals surface area contributed by atoms with Crippen LogP contribution in [0.5, 0.6) is 5.75 Å². The lowest BCUT2D eigenvalue weighted by molar-refractivity contribution is -0.125. The van der Waals surface area contributed by atoms with Gasteiger partial charge in [-0.25, -0.2) is 0 Å². The molecular formula is C14H18ClF2N3O3. The van der Waals surface area contributed by atoms with Gasteiger partial charge in [0, 0.05) is 5.69 Å². The maximum Gasteiger partial charge on any atom is 0.387 e. The molecule has 23 heavy (non-hydrogen) atoms. The quantitative estimate of drug-likeness (QED) is 0.701. The first-order valence-corrected chi connectivity index (χ1v) is 7.16. The molecular weight excluding hydrogens is 332 g/mol. The summed E-state index contributed by atoms with van der Waals surface area (Å²) in [5, 5.41) is 4.79. The SMILES string of the molecule is CC(C)[C@H](N)C(=O)NCC(=O)Nc1ccc(OC(F)F)c(Cl)c1. The topological polar surface area (TPSA) is 93.5 Å². The van der Waals surface area contributed by atoms with Crippen LogP contribution in [0.15, 0.2) is 18.2 Å². The summed E-state index contributed by atoms with van der Waals surface area (Å²) < 4.78 is 28.4. The number of carbonyl (C=O) groups excluding carboxylic acids is 2. The van der Waals surface area contributed by atoms with Gasteiger partial charge in [0.2, 0.25) is 11.8 Å². The van der Waals surface area contributed by atoms with Crippen LogP contribution in [0.2, 0.25) is 5.02 Å². The largest absolute Gasteiger partial charge is 0.433 e. The molecule has 2 amide bonds. The van der Waals surface area contributed by atoms with Gasteiger partial charge in [0.1, 0.15) is 5.75 Å². The molecule has 0 aliphatic rings. The van der Waals surface area contributed by atoms with Gasteiger partial charge in [-0.15, -0.1) is 0 Å². The fraction of sp³-hybridized carbons (Fsp3) is 0.429. The summed E-state index contributed by atoms with van der Waals surface area (Å²) in [7, 11) is 0. The summed E-state index contributed by atoms with van der Waals surface area (Å²) in [5.41, 5.74) is 5.92. The molecule has 0 bridgehead atoms. The molecule has 4 N–H and O–H groups in total. The summed E-state index contributed by atoms with van der Waals surface area (Å²) in [6.07, 6.45) is 0. The number of amides is 2. The summed E-state index contributed by atoms with van der Waals surface area (Å²) in [4.78, 5) is 23.3. The first-order chi connectivity index (χ1) is 10.7. The predicted octanol–water partition coefficient (Wildman–Crippen LogP) is 1.98. The van der Waals surface area contributed by atoms with Crippen molar-refractivity contribution in [3.8, 4) is 5.75 Å². The summed E-state index contributed by atoms with van der Waals surface area (Å²) in [5.74, 6) is -1.20. The van der Waals surface area contributed by atoms with Crippen LogP contribution in [0.1, 0.15) is 13.8 Å². The van der Waals surface area contributed by atoms with E-state index in [0.29, 0.717) is 0 Å². The predicted molar refractivity (Wildman–Crippen MR) is 82.5 cm³/mol. The molecule has 1 aromatic carbocycles. The lowest BCUT2D eigenvalue weighted by atomic mass is 10.1. The summed E-state index contributed by atoms with van der Waals surface area (Å²) in [6.45, 7) is 0.310. The lowest BCUT2D eigenvalue weighted by Gasteiger charge is -2.15. The Morgan fingerprint density at radius 1 is 1.35 bits per heavy atom. The van der Waals surface area contributed by atoms with Crippen LogP contribution in [0.25, 0.3) is 0 Å². The number of hydrogen-bond acceptors (Lipinski definition) is 4. The van der Waals surface area contributed by atoms with E-state index < -0.39 is 24.5 Å². The van der Waals surface area contributed by atoms with Gasteiger partial charge in [-0.1, -0.05) is 25.4 Å². The molecule has 0 saturated carbocycles. The third-order valence-corrected chi connectivity index (χ3v) is 3.17. The molecule has 0 radical (unpaired) electrons. The van der Waals surface area contributed by atoms with Crippen LogP contribution < -0.4 is 21.1 Å². The minimum absolute atomic E-state index is 0.0563. The molecule has 0 aliphatic carbocycles. The molecule has 1 aromatic rings. The third-order valence-electron chi connectivity index (χ3n) is 2.88. The highest BCUT2D eigenvalue weighted by atomic mass is 35.5. The number of alkyl halides is 2. The Hall–Kier alpha value is -1.93. The van der Waals surface area contributed by atoms with Gasteiger partial charge in [-0.2, -0.15) is 8.78 Å². The van der Waals surface area contributed by atoms with E-state index in [0.717, 1.165) is 0 Å². The molecule has 0 aliphatic heterocycles. The Labute approximate surface area is 137 Å². The summed E-state index contributed by atoms with van der Waals surface area (Å²) >= 11 is 5.76. The van der Waals surface area contributed by atoms with Crippen LogP contribution in [0.4, 0.5) is 14.5 Å². The number of rotatable bonds is 7. The number of nitrogens with two attached hydrogens (primary N) is 1. The summed E-state index contributed by atoms with van der Waals surface area (Å²) in [6, 6.07) is 3.11. The van der Waals surface area contributed by atoms with Gasteiger partial charge in [-0.3, -0.25) is 9.59 Å². The van der Waals surface area contributed by atoms with Gasteiger partial charge < -0.3 is 21.1 Å². The number of carbonyl (C=O) groups is 2. The van der Waals surface area contributed by atoms with E-state index in [1.165, 1.54) is 18.2 Å². The van der Waals surface area contributed by atoms with Crippen LogP contribution in [-0.2, 0) is 9.59 Å². The first-order valence-electron chi connectivity index (χ1n) is 6.78. The van der Waals surface area contributed by atoms with E-state index in [4.69, 9.17) is 17.3 Å². The maximum absolute atomic E-state index is 12.1. The van der Waals surface area contributed by atoms with E-state index in [-0.39, 0.29) is 28.9 Å². The number of anilines is 1. The Balaban J connectivity index is 2.55. The zero-order valence-corrected chi connectivity index (χ0v) is 13.4. The van der Waals surface area contributed by atoms with Crippen molar-refractivity contribution in [3.05, 3.63) is 23.2 Å². The molecule has 0 saturated heterocycles. The molecule has 0 spiro atoms. The van der Waals surface area contributed by atoms with Crippen LogP contribution in [-0.4, -0.2) is 31.0 Å². The second kappa shape index (κ2) is 8.64. The zero-order valence-electron chi connectivity index (χ0n) is 12.6. The lowest BCUT2D eigenvalue weighted by Crippen LogP contribution is -2.46. The van der Waals surface area contributed by atoms with E-state index >= 15 is 0 Å². The van der Waals surface area contributed by atoms with E-state index in [1.54, 1.807) is 13.8 Å². The minimum atomic E-state index is -2.99. The van der Waals surface area contributed by atoms with E-state index in [1.807, 2.05) is 0 Å². The molecule has 1 rings (SSSR count). The van der Waals surface area contributed by atoms with Crippen molar-refractivity contribution in [2.75, 3.05) is 11.9 Å². The molecule has 1 atom stereocenters. The molecule has 0 aromatic heterocycles. The highest BCUT2D eigenvalue weighted by Crippen LogP contribution is 2.28. The van der Waals surface area contributed by atoms with Crippen LogP contribution in [0, 0.1) is 5.92 Å². The number of ether oxygens (including phenoxy) is 1. The first kappa shape index (κ1) is 19.1. The Kier molecular flexibility index (Phi) is 7.18. The Morgan fingerprint density at radius 2 is 2.00 bits per heavy atom. The highest BCUT2D eigenvalue weighted by molar-refractivity contribution is 6.32. The molecule has 128 valence electrons. The molecule has 0 unspecified atom stereocenters. The van der Waals surface area contributed by atoms with E-state index in [2.05, 4.69) is 15.4 Å². The normalized spacial score (nSPS) is 12.2. The Morgan fingerprint density at radius 3 is 2.52 bits per heavy atom. The van der Waals surface area contributed by atoms with Crippen LogP contribution >= 0.6 is 11.6 Å². The average molecular weight is 350 g/mol. The van der Waals surface area contributed by atoms with E-state index in [9.17, 15) is 18.4 Å². The van der Waals surface area contributed by atoms with Crippen molar-refractivity contribution in [2.24, 2.45) is 11.7 Å². The zero-order chi connectivity index (χ0) is 17.6. The second-order valence-electron chi connectivity index (χ2n) is 5.06. The molecule has 9 heteroatoms. The average Bonchev–Trinajstić information content (AvgIpc) is 2.46. The van der Waals surface area contributed by atoms with Crippen molar-refractivity contribution in [1.82, 2.24) is 5.32 Å². The van der Waals surface area contributed by atoms with Gasteiger partial charge in [0.05, 0.1) is 17.6 Å². The van der Waals surface area contributed by atoms with Gasteiger partial charge in [0.15, 0.2) is 0 Å². The maximum atomic E-state index is 12.1. The molecule has 6 nitrogen and oxygen atoms in total. The number of hydrogen-bond donors (Lipinski definition) is 3. The fourth-order valence-electron chi connectivity index (χ4n) is 1.56. The van der Waals surface area contributed by atoms with Crippen LogP contribution in [0.3, 0.4) is 0 Å². The fourth-order valence-corrected chi connectivity index (χ4v) is 1.79. The highest BCUT2D eigenvalue weighted by Gasteiger charge is 2.17. The molecule has 0 heterocycles. The van der Waals surface area contributed by atoms with Gasteiger partial charge in [0.25, 0.3) is 0 Å². The molecule has 0 fully saturated rings. The third kappa shape index (κ3) is 6.37. The standard InChI is InChI=1S/C14H18ClF2N3O3/c1-7(2)12(18)13(22)19-6-11(21)20-8-3-4-10(9(15)5-8)23-14(16)17/h3-5,7,12,14H,6,18H2,1-2H3,(H,19,22)(H,20,21)/t12-/m0/s1. The number of nitrogens with one attached hydrogen (secondary N) is 2. The minimum Gasteiger partial charge on any atom is -0.433 e. The smallest absolute Gasteiger partial charge is 0.387 e. The van der Waals surface area contributed by atoms with Crippen molar-refractivity contribution >= 4 is 29.1 Å². The van der Waals surface area contributed by atoms with Crippen molar-refractivity contribution < 1.29 is 23.1 Å². The van der Waals surface area contributed by atoms with Gasteiger partial charge in [-0.05, 0) is 24.1 Å². The monoisotopic (exact) mass is 349 g/mol. The van der Waals surface area contributed by atoms with Crippen molar-refractivity contribution in [2.45, 2.75) is 26.5 Å². The number of halogens is 3. The Bertz CT molecular complexity index is 570. The number of benzene rings is 1. The van der Waals surface area contributed by atoms with Crippen molar-refractivity contribution in [3.63, 3.8) is 0 Å². The second-order valence-corrected chi connectivity index (χ2v) is 5.47. The van der Waals surface area contributed by atoms with Crippen molar-refractivity contribution in [1.29, 1.82) is 0 Å². The van der Waals surface area contributed by atoms with Gasteiger partial charge >= 0.3 is 6.61 Å².